The first kappa shape index (κ1) is 16.3. The van der Waals surface area contributed by atoms with Crippen LogP contribution in [0.4, 0.5) is 0 Å². The number of carbonyl (C=O) groups excluding carboxylic acids is 1. The molecule has 0 unspecified atom stereocenters. The van der Waals surface area contributed by atoms with Gasteiger partial charge in [0.15, 0.2) is 5.90 Å². The molecule has 4 rings (SSSR count). The summed E-state index contributed by atoms with van der Waals surface area (Å²) in [6.07, 6.45) is 3.59. The van der Waals surface area contributed by atoms with E-state index in [1.165, 1.54) is 5.57 Å². The van der Waals surface area contributed by atoms with Crippen LogP contribution in [0.25, 0.3) is 15.7 Å². The number of methoxy groups -OCH3 is 1. The summed E-state index contributed by atoms with van der Waals surface area (Å²) in [4.78, 5) is 19.8. The number of thiophene rings is 1. The number of fused-ring (bicyclic) bond motifs is 1. The number of carbonyl (C=O) groups is 1. The van der Waals surface area contributed by atoms with Crippen molar-refractivity contribution in [1.82, 2.24) is 4.90 Å². The quantitative estimate of drug-likeness (QED) is 0.827. The van der Waals surface area contributed by atoms with E-state index < -0.39 is 0 Å². The molecule has 5 nitrogen and oxygen atoms in total. The van der Waals surface area contributed by atoms with E-state index in [0.717, 1.165) is 39.3 Å². The van der Waals surface area contributed by atoms with Crippen molar-refractivity contribution in [3.8, 4) is 0 Å². The molecule has 1 amide bonds. The number of benzene rings is 1. The smallest absolute Gasteiger partial charge is 0.264 e. The van der Waals surface area contributed by atoms with E-state index in [2.05, 4.69) is 17.1 Å². The van der Waals surface area contributed by atoms with Crippen LogP contribution in [0.3, 0.4) is 0 Å². The molecule has 0 atom stereocenters. The molecule has 6 heteroatoms. The van der Waals surface area contributed by atoms with Gasteiger partial charge < -0.3 is 14.4 Å². The summed E-state index contributed by atoms with van der Waals surface area (Å²) in [5.74, 6) is 0.872. The van der Waals surface area contributed by atoms with E-state index >= 15 is 0 Å². The van der Waals surface area contributed by atoms with Gasteiger partial charge in [-0.25, -0.2) is 4.99 Å². The first-order valence-corrected chi connectivity index (χ1v) is 9.27. The van der Waals surface area contributed by atoms with E-state index in [-0.39, 0.29) is 5.91 Å². The normalized spacial score (nSPS) is 18.0. The fraction of sp³-hybridized carbons (Fsp3) is 0.368. The third kappa shape index (κ3) is 3.19. The molecule has 0 N–H and O–H groups in total. The molecule has 130 valence electrons. The van der Waals surface area contributed by atoms with Crippen molar-refractivity contribution in [2.45, 2.75) is 12.8 Å². The SMILES string of the molecule is COC1=NC=C(c2cccc3sc(C(=O)N4CCOCC4)cc23)CC1. The lowest BCUT2D eigenvalue weighted by atomic mass is 9.97. The van der Waals surface area contributed by atoms with Crippen LogP contribution in [0.15, 0.2) is 35.5 Å². The van der Waals surface area contributed by atoms with Crippen LogP contribution in [0.1, 0.15) is 28.1 Å². The first-order valence-electron chi connectivity index (χ1n) is 8.46. The van der Waals surface area contributed by atoms with E-state index in [0.29, 0.717) is 26.3 Å². The van der Waals surface area contributed by atoms with Gasteiger partial charge in [0.2, 0.25) is 0 Å². The van der Waals surface area contributed by atoms with Gasteiger partial charge in [-0.3, -0.25) is 4.79 Å². The van der Waals surface area contributed by atoms with Crippen LogP contribution in [0.2, 0.25) is 0 Å². The minimum atomic E-state index is 0.104. The average Bonchev–Trinajstić information content (AvgIpc) is 3.12. The van der Waals surface area contributed by atoms with E-state index in [9.17, 15) is 4.79 Å². The highest BCUT2D eigenvalue weighted by atomic mass is 32.1. The number of rotatable bonds is 2. The van der Waals surface area contributed by atoms with Crippen molar-refractivity contribution in [1.29, 1.82) is 0 Å². The zero-order valence-electron chi connectivity index (χ0n) is 14.2. The maximum absolute atomic E-state index is 12.8. The van der Waals surface area contributed by atoms with Gasteiger partial charge in [0.25, 0.3) is 5.91 Å². The second-order valence-corrected chi connectivity index (χ2v) is 7.20. The Balaban J connectivity index is 1.68. The zero-order chi connectivity index (χ0) is 17.2. The summed E-state index contributed by atoms with van der Waals surface area (Å²) in [5.41, 5.74) is 2.35. The van der Waals surface area contributed by atoms with Crippen LogP contribution in [0, 0.1) is 0 Å². The highest BCUT2D eigenvalue weighted by Gasteiger charge is 2.21. The summed E-state index contributed by atoms with van der Waals surface area (Å²) < 4.78 is 11.7. The van der Waals surface area contributed by atoms with E-state index in [1.807, 2.05) is 23.2 Å². The molecule has 25 heavy (non-hydrogen) atoms. The van der Waals surface area contributed by atoms with Gasteiger partial charge in [0.1, 0.15) is 0 Å². The highest BCUT2D eigenvalue weighted by Crippen LogP contribution is 2.35. The van der Waals surface area contributed by atoms with E-state index in [4.69, 9.17) is 9.47 Å². The number of ether oxygens (including phenoxy) is 2. The second kappa shape index (κ2) is 6.98. The fourth-order valence-corrected chi connectivity index (χ4v) is 4.30. The Morgan fingerprint density at radius 2 is 2.12 bits per heavy atom. The van der Waals surface area contributed by atoms with Crippen LogP contribution in [-0.4, -0.2) is 50.1 Å². The number of allylic oxidation sites excluding steroid dienone is 1. The van der Waals surface area contributed by atoms with Gasteiger partial charge in [0, 0.05) is 35.8 Å². The number of amides is 1. The largest absolute Gasteiger partial charge is 0.484 e. The van der Waals surface area contributed by atoms with Crippen LogP contribution < -0.4 is 0 Å². The molecule has 3 heterocycles. The Bertz CT molecular complexity index is 863. The lowest BCUT2D eigenvalue weighted by Gasteiger charge is -2.26. The molecule has 0 bridgehead atoms. The number of nitrogens with zero attached hydrogens (tertiary/aromatic N) is 2. The zero-order valence-corrected chi connectivity index (χ0v) is 15.0. The molecule has 0 saturated carbocycles. The summed E-state index contributed by atoms with van der Waals surface area (Å²) in [5, 5.41) is 1.13. The van der Waals surface area contributed by atoms with Crippen molar-refractivity contribution >= 4 is 38.8 Å². The number of hydrogen-bond donors (Lipinski definition) is 0. The van der Waals surface area contributed by atoms with Gasteiger partial charge in [-0.2, -0.15) is 0 Å². The predicted octanol–water partition coefficient (Wildman–Crippen LogP) is 3.55. The Morgan fingerprint density at radius 1 is 1.28 bits per heavy atom. The minimum Gasteiger partial charge on any atom is -0.484 e. The van der Waals surface area contributed by atoms with Gasteiger partial charge in [-0.1, -0.05) is 12.1 Å². The number of hydrogen-bond acceptors (Lipinski definition) is 5. The lowest BCUT2D eigenvalue weighted by Crippen LogP contribution is -2.40. The molecular weight excluding hydrogens is 336 g/mol. The maximum Gasteiger partial charge on any atom is 0.264 e. The van der Waals surface area contributed by atoms with E-state index in [1.54, 1.807) is 18.4 Å². The molecule has 2 aliphatic heterocycles. The second-order valence-electron chi connectivity index (χ2n) is 6.11. The maximum atomic E-state index is 12.8. The van der Waals surface area contributed by atoms with Crippen molar-refractivity contribution in [2.24, 2.45) is 4.99 Å². The van der Waals surface area contributed by atoms with Crippen molar-refractivity contribution in [3.05, 3.63) is 40.9 Å². The Hall–Kier alpha value is -2.18. The summed E-state index contributed by atoms with van der Waals surface area (Å²) in [7, 11) is 1.65. The van der Waals surface area contributed by atoms with Crippen LogP contribution in [0.5, 0.6) is 0 Å². The predicted molar refractivity (Wildman–Crippen MR) is 100 cm³/mol. The van der Waals surface area contributed by atoms with Gasteiger partial charge in [-0.15, -0.1) is 11.3 Å². The van der Waals surface area contributed by atoms with Gasteiger partial charge >= 0.3 is 0 Å². The van der Waals surface area contributed by atoms with Crippen LogP contribution >= 0.6 is 11.3 Å². The molecular formula is C19H20N2O3S. The Labute approximate surface area is 150 Å². The topological polar surface area (TPSA) is 51.1 Å². The molecule has 2 aliphatic rings. The molecule has 1 aromatic carbocycles. The average molecular weight is 356 g/mol. The first-order chi connectivity index (χ1) is 12.3. The number of aliphatic imine (C=N–C) groups is 1. The van der Waals surface area contributed by atoms with Gasteiger partial charge in [-0.05, 0) is 29.7 Å². The summed E-state index contributed by atoms with van der Waals surface area (Å²) >= 11 is 1.56. The van der Waals surface area contributed by atoms with Crippen molar-refractivity contribution < 1.29 is 14.3 Å². The molecule has 0 aliphatic carbocycles. The van der Waals surface area contributed by atoms with Crippen LogP contribution in [-0.2, 0) is 9.47 Å². The molecule has 1 saturated heterocycles. The van der Waals surface area contributed by atoms with Gasteiger partial charge in [0.05, 0.1) is 25.2 Å². The van der Waals surface area contributed by atoms with Crippen molar-refractivity contribution in [2.75, 3.05) is 33.4 Å². The third-order valence-corrected chi connectivity index (χ3v) is 5.71. The monoisotopic (exact) mass is 356 g/mol. The summed E-state index contributed by atoms with van der Waals surface area (Å²) in [6.45, 7) is 2.57. The Morgan fingerprint density at radius 3 is 2.84 bits per heavy atom. The lowest BCUT2D eigenvalue weighted by molar-refractivity contribution is 0.0306. The highest BCUT2D eigenvalue weighted by molar-refractivity contribution is 7.20. The van der Waals surface area contributed by atoms with Crippen molar-refractivity contribution in [3.63, 3.8) is 0 Å². The molecule has 1 fully saturated rings. The molecule has 2 aromatic rings. The molecule has 0 spiro atoms. The number of morpholine rings is 1. The Kier molecular flexibility index (Phi) is 4.55. The standard InChI is InChI=1S/C19H20N2O3S/c1-23-18-6-5-13(12-20-18)14-3-2-4-16-15(14)11-17(25-16)19(22)21-7-9-24-10-8-21/h2-4,11-12H,5-10H2,1H3. The fourth-order valence-electron chi connectivity index (χ4n) is 3.25. The minimum absolute atomic E-state index is 0.104. The molecule has 0 radical (unpaired) electrons. The third-order valence-electron chi connectivity index (χ3n) is 4.62. The summed E-state index contributed by atoms with van der Waals surface area (Å²) in [6, 6.07) is 8.26. The molecule has 1 aromatic heterocycles.